The molecule has 1 aliphatic rings. The van der Waals surface area contributed by atoms with Gasteiger partial charge in [-0.15, -0.1) is 0 Å². The second-order valence-electron chi connectivity index (χ2n) is 5.76. The van der Waals surface area contributed by atoms with Gasteiger partial charge in [-0.25, -0.2) is 4.79 Å². The summed E-state index contributed by atoms with van der Waals surface area (Å²) < 4.78 is 16.3. The molecule has 0 radical (unpaired) electrons. The highest BCUT2D eigenvalue weighted by Crippen LogP contribution is 2.30. The van der Waals surface area contributed by atoms with Gasteiger partial charge < -0.3 is 19.1 Å². The average Bonchev–Trinajstić information content (AvgIpc) is 2.92. The zero-order chi connectivity index (χ0) is 18.4. The van der Waals surface area contributed by atoms with Crippen molar-refractivity contribution in [1.29, 1.82) is 0 Å². The summed E-state index contributed by atoms with van der Waals surface area (Å²) in [7, 11) is 0. The van der Waals surface area contributed by atoms with E-state index in [0.29, 0.717) is 36.8 Å². The molecule has 0 atom stereocenters. The van der Waals surface area contributed by atoms with Crippen molar-refractivity contribution in [3.8, 4) is 11.5 Å². The van der Waals surface area contributed by atoms with E-state index in [1.165, 1.54) is 0 Å². The van der Waals surface area contributed by atoms with E-state index in [0.717, 1.165) is 12.1 Å². The first-order chi connectivity index (χ1) is 12.7. The Labute approximate surface area is 152 Å². The topological polar surface area (TPSA) is 65.1 Å². The third-order valence-electron chi connectivity index (χ3n) is 4.00. The molecule has 2 aromatic rings. The third kappa shape index (κ3) is 4.14. The molecule has 1 heterocycles. The monoisotopic (exact) mass is 355 g/mol. The van der Waals surface area contributed by atoms with Gasteiger partial charge in [0.2, 0.25) is 0 Å². The zero-order valence-corrected chi connectivity index (χ0v) is 14.6. The van der Waals surface area contributed by atoms with Crippen LogP contribution >= 0.6 is 0 Å². The van der Waals surface area contributed by atoms with Crippen LogP contribution in [0.3, 0.4) is 0 Å². The summed E-state index contributed by atoms with van der Waals surface area (Å²) in [6.45, 7) is 3.15. The molecule has 3 rings (SSSR count). The van der Waals surface area contributed by atoms with Gasteiger partial charge in [0.1, 0.15) is 0 Å². The van der Waals surface area contributed by atoms with Crippen molar-refractivity contribution in [2.45, 2.75) is 13.3 Å². The molecule has 6 nitrogen and oxygen atoms in total. The first-order valence-corrected chi connectivity index (χ1v) is 8.61. The van der Waals surface area contributed by atoms with Gasteiger partial charge in [-0.3, -0.25) is 4.79 Å². The van der Waals surface area contributed by atoms with E-state index in [1.54, 1.807) is 23.1 Å². The predicted molar refractivity (Wildman–Crippen MR) is 96.8 cm³/mol. The Morgan fingerprint density at radius 3 is 2.50 bits per heavy atom. The van der Waals surface area contributed by atoms with Crippen molar-refractivity contribution < 1.29 is 23.8 Å². The van der Waals surface area contributed by atoms with Crippen molar-refractivity contribution in [2.75, 3.05) is 31.3 Å². The van der Waals surface area contributed by atoms with Gasteiger partial charge in [-0.05, 0) is 37.3 Å². The Morgan fingerprint density at radius 1 is 1.04 bits per heavy atom. The highest BCUT2D eigenvalue weighted by Gasteiger charge is 2.18. The number of esters is 1. The molecule has 0 unspecified atom stereocenters. The van der Waals surface area contributed by atoms with E-state index in [4.69, 9.17) is 14.2 Å². The smallest absolute Gasteiger partial charge is 0.338 e. The summed E-state index contributed by atoms with van der Waals surface area (Å²) in [4.78, 5) is 26.2. The highest BCUT2D eigenvalue weighted by molar-refractivity contribution is 5.97. The maximum absolute atomic E-state index is 12.4. The van der Waals surface area contributed by atoms with Crippen LogP contribution in [-0.2, 0) is 9.53 Å². The zero-order valence-electron chi connectivity index (χ0n) is 14.6. The summed E-state index contributed by atoms with van der Waals surface area (Å²) in [5, 5.41) is 0. The number of ether oxygens (including phenoxy) is 3. The number of amides is 1. The second-order valence-corrected chi connectivity index (χ2v) is 5.76. The van der Waals surface area contributed by atoms with Crippen molar-refractivity contribution in [3.05, 3.63) is 54.1 Å². The highest BCUT2D eigenvalue weighted by atomic mass is 16.5. The van der Waals surface area contributed by atoms with Crippen LogP contribution in [0.4, 0.5) is 5.69 Å². The van der Waals surface area contributed by atoms with E-state index in [1.807, 2.05) is 37.3 Å². The predicted octanol–water partition coefficient (Wildman–Crippen LogP) is 3.06. The molecule has 0 N–H and O–H groups in total. The molecule has 0 fully saturated rings. The summed E-state index contributed by atoms with van der Waals surface area (Å²) in [6, 6.07) is 14.1. The molecule has 26 heavy (non-hydrogen) atoms. The SMILES string of the molecule is CCN(C(=O)COC(=O)c1ccc2c(c1)OCCCO2)c1ccccc1. The van der Waals surface area contributed by atoms with Crippen LogP contribution in [0, 0.1) is 0 Å². The van der Waals surface area contributed by atoms with Crippen molar-refractivity contribution in [2.24, 2.45) is 0 Å². The minimum atomic E-state index is -0.571. The molecule has 0 spiro atoms. The van der Waals surface area contributed by atoms with Crippen molar-refractivity contribution >= 4 is 17.6 Å². The number of nitrogens with zero attached hydrogens (tertiary/aromatic N) is 1. The molecule has 0 saturated heterocycles. The standard InChI is InChI=1S/C20H21NO5/c1-2-21(16-7-4-3-5-8-16)19(22)14-26-20(23)15-9-10-17-18(13-15)25-12-6-11-24-17/h3-5,7-10,13H,2,6,11-12,14H2,1H3. The Hall–Kier alpha value is -3.02. The molecular weight excluding hydrogens is 334 g/mol. The number of fused-ring (bicyclic) bond motifs is 1. The van der Waals surface area contributed by atoms with Crippen LogP contribution in [0.25, 0.3) is 0 Å². The first-order valence-electron chi connectivity index (χ1n) is 8.61. The third-order valence-corrected chi connectivity index (χ3v) is 4.00. The number of carbonyl (C=O) groups is 2. The molecule has 0 aliphatic carbocycles. The minimum absolute atomic E-state index is 0.276. The number of carbonyl (C=O) groups excluding carboxylic acids is 2. The Kier molecular flexibility index (Phi) is 5.73. The lowest BCUT2D eigenvalue weighted by atomic mass is 10.2. The quantitative estimate of drug-likeness (QED) is 0.771. The summed E-state index contributed by atoms with van der Waals surface area (Å²) in [5.74, 6) is 0.276. The fraction of sp³-hybridized carbons (Fsp3) is 0.300. The number of anilines is 1. The van der Waals surface area contributed by atoms with Crippen LogP contribution in [0.2, 0.25) is 0 Å². The second kappa shape index (κ2) is 8.38. The summed E-state index contributed by atoms with van der Waals surface area (Å²) >= 11 is 0. The minimum Gasteiger partial charge on any atom is -0.490 e. The molecular formula is C20H21NO5. The van der Waals surface area contributed by atoms with Crippen LogP contribution in [0.5, 0.6) is 11.5 Å². The van der Waals surface area contributed by atoms with Gasteiger partial charge in [-0.1, -0.05) is 18.2 Å². The average molecular weight is 355 g/mol. The normalized spacial score (nSPS) is 12.8. The van der Waals surface area contributed by atoms with E-state index in [-0.39, 0.29) is 12.5 Å². The van der Waals surface area contributed by atoms with Gasteiger partial charge in [0.25, 0.3) is 5.91 Å². The van der Waals surface area contributed by atoms with Crippen LogP contribution < -0.4 is 14.4 Å². The van der Waals surface area contributed by atoms with Crippen LogP contribution in [0.15, 0.2) is 48.5 Å². The van der Waals surface area contributed by atoms with Crippen LogP contribution in [0.1, 0.15) is 23.7 Å². The maximum Gasteiger partial charge on any atom is 0.338 e. The number of hydrogen-bond donors (Lipinski definition) is 0. The lowest BCUT2D eigenvalue weighted by Gasteiger charge is -2.20. The molecule has 1 aliphatic heterocycles. The van der Waals surface area contributed by atoms with E-state index in [2.05, 4.69) is 0 Å². The fourth-order valence-corrected chi connectivity index (χ4v) is 2.69. The van der Waals surface area contributed by atoms with Crippen LogP contribution in [-0.4, -0.2) is 38.2 Å². The van der Waals surface area contributed by atoms with Gasteiger partial charge in [0, 0.05) is 18.7 Å². The largest absolute Gasteiger partial charge is 0.490 e. The van der Waals surface area contributed by atoms with E-state index < -0.39 is 5.97 Å². The number of para-hydroxylation sites is 1. The lowest BCUT2D eigenvalue weighted by Crippen LogP contribution is -2.34. The van der Waals surface area contributed by atoms with Gasteiger partial charge in [0.05, 0.1) is 18.8 Å². The molecule has 136 valence electrons. The molecule has 2 aromatic carbocycles. The first kappa shape index (κ1) is 17.8. The summed E-state index contributed by atoms with van der Waals surface area (Å²) in [5.41, 5.74) is 1.09. The Morgan fingerprint density at radius 2 is 1.77 bits per heavy atom. The maximum atomic E-state index is 12.4. The summed E-state index contributed by atoms with van der Waals surface area (Å²) in [6.07, 6.45) is 0.787. The molecule has 0 bridgehead atoms. The van der Waals surface area contributed by atoms with Gasteiger partial charge in [-0.2, -0.15) is 0 Å². The number of likely N-dealkylation sites (N-methyl/N-ethyl adjacent to an activating group) is 1. The number of benzene rings is 2. The molecule has 0 aromatic heterocycles. The number of hydrogen-bond acceptors (Lipinski definition) is 5. The molecule has 1 amide bonds. The lowest BCUT2D eigenvalue weighted by molar-refractivity contribution is -0.121. The van der Waals surface area contributed by atoms with Crippen molar-refractivity contribution in [3.63, 3.8) is 0 Å². The van der Waals surface area contributed by atoms with E-state index >= 15 is 0 Å². The van der Waals surface area contributed by atoms with Gasteiger partial charge >= 0.3 is 5.97 Å². The number of rotatable bonds is 5. The molecule has 6 heteroatoms. The molecule has 0 saturated carbocycles. The Bertz CT molecular complexity index is 775. The van der Waals surface area contributed by atoms with E-state index in [9.17, 15) is 9.59 Å². The fourth-order valence-electron chi connectivity index (χ4n) is 2.69. The van der Waals surface area contributed by atoms with Gasteiger partial charge in [0.15, 0.2) is 18.1 Å². The van der Waals surface area contributed by atoms with Crippen molar-refractivity contribution in [1.82, 2.24) is 0 Å². The Balaban J connectivity index is 1.63.